The number of aryl methyl sites for hydroxylation is 1. The largest absolute Gasteiger partial charge is 0.341 e. The Balaban J connectivity index is 1.74. The highest BCUT2D eigenvalue weighted by atomic mass is 16.2. The van der Waals surface area contributed by atoms with Crippen LogP contribution in [0.1, 0.15) is 35.7 Å². The number of amides is 1. The van der Waals surface area contributed by atoms with Crippen LogP contribution in [0.4, 0.5) is 5.95 Å². The lowest BCUT2D eigenvalue weighted by atomic mass is 10.1. The van der Waals surface area contributed by atoms with Crippen molar-refractivity contribution < 1.29 is 4.79 Å². The first kappa shape index (κ1) is 21.7. The van der Waals surface area contributed by atoms with Gasteiger partial charge in [0.1, 0.15) is 0 Å². The lowest BCUT2D eigenvalue weighted by Gasteiger charge is -2.31. The van der Waals surface area contributed by atoms with Crippen LogP contribution in [0.25, 0.3) is 23.1 Å². The van der Waals surface area contributed by atoms with Crippen molar-refractivity contribution in [3.63, 3.8) is 0 Å². The molecule has 0 bridgehead atoms. The van der Waals surface area contributed by atoms with Crippen molar-refractivity contribution in [3.8, 4) is 11.8 Å². The van der Waals surface area contributed by atoms with Crippen LogP contribution in [0.15, 0.2) is 33.9 Å². The van der Waals surface area contributed by atoms with Gasteiger partial charge in [0.05, 0.1) is 12.2 Å². The van der Waals surface area contributed by atoms with E-state index in [2.05, 4.69) is 17.2 Å². The molecule has 1 saturated heterocycles. The summed E-state index contributed by atoms with van der Waals surface area (Å²) in [6.07, 6.45) is 3.23. The quantitative estimate of drug-likeness (QED) is 0.552. The Morgan fingerprint density at radius 3 is 2.74 bits per heavy atom. The van der Waals surface area contributed by atoms with E-state index in [9.17, 15) is 14.4 Å². The Morgan fingerprint density at radius 2 is 2.00 bits per heavy atom. The molecule has 2 aromatic heterocycles. The first-order valence-electron chi connectivity index (χ1n) is 11.1. The van der Waals surface area contributed by atoms with E-state index in [1.165, 1.54) is 10.8 Å². The number of aromatic nitrogens is 4. The number of fused-ring (bicyclic) bond motifs is 2. The molecule has 3 N–H and O–H groups in total. The van der Waals surface area contributed by atoms with Gasteiger partial charge in [0.15, 0.2) is 11.2 Å². The number of hydrogen-bond donors (Lipinski definition) is 2. The van der Waals surface area contributed by atoms with Gasteiger partial charge in [0.25, 0.3) is 11.5 Å². The predicted octanol–water partition coefficient (Wildman–Crippen LogP) is 0.547. The number of nitrogens with zero attached hydrogens (tertiary/aromatic N) is 5. The summed E-state index contributed by atoms with van der Waals surface area (Å²) in [7, 11) is 1.58. The van der Waals surface area contributed by atoms with Gasteiger partial charge in [0.2, 0.25) is 5.95 Å². The molecule has 10 heteroatoms. The Hall–Kier alpha value is -4.10. The van der Waals surface area contributed by atoms with E-state index >= 15 is 0 Å². The van der Waals surface area contributed by atoms with Crippen LogP contribution in [-0.4, -0.2) is 43.7 Å². The van der Waals surface area contributed by atoms with E-state index < -0.39 is 11.2 Å². The van der Waals surface area contributed by atoms with E-state index in [-0.39, 0.29) is 29.7 Å². The molecule has 4 heterocycles. The summed E-state index contributed by atoms with van der Waals surface area (Å²) in [6, 6.07) is 7.04. The fraction of sp³-hybridized carbons (Fsp3) is 0.333. The number of hydrogen-bond acceptors (Lipinski definition) is 6. The van der Waals surface area contributed by atoms with Crippen molar-refractivity contribution in [1.29, 1.82) is 0 Å². The van der Waals surface area contributed by atoms with Gasteiger partial charge in [-0.2, -0.15) is 4.98 Å². The Morgan fingerprint density at radius 1 is 1.24 bits per heavy atom. The third-order valence-corrected chi connectivity index (χ3v) is 6.28. The van der Waals surface area contributed by atoms with Crippen LogP contribution >= 0.6 is 0 Å². The molecule has 2 aliphatic rings. The second kappa shape index (κ2) is 8.35. The average Bonchev–Trinajstić information content (AvgIpc) is 3.37. The van der Waals surface area contributed by atoms with Crippen LogP contribution in [0.2, 0.25) is 0 Å². The van der Waals surface area contributed by atoms with Gasteiger partial charge in [-0.15, -0.1) is 5.92 Å². The maximum absolute atomic E-state index is 13.7. The molecule has 174 valence electrons. The number of imidazole rings is 1. The second-order valence-electron chi connectivity index (χ2n) is 8.50. The number of nitrogens with one attached hydrogen (secondary N) is 1. The average molecular weight is 460 g/mol. The van der Waals surface area contributed by atoms with Crippen molar-refractivity contribution >= 4 is 34.9 Å². The lowest BCUT2D eigenvalue weighted by Crippen LogP contribution is -2.44. The third kappa shape index (κ3) is 3.41. The smallest absolute Gasteiger partial charge is 0.336 e. The van der Waals surface area contributed by atoms with E-state index in [1.807, 2.05) is 4.90 Å². The van der Waals surface area contributed by atoms with Crippen LogP contribution in [0.3, 0.4) is 0 Å². The van der Waals surface area contributed by atoms with Gasteiger partial charge >= 0.3 is 5.69 Å². The van der Waals surface area contributed by atoms with Crippen LogP contribution in [0.5, 0.6) is 0 Å². The van der Waals surface area contributed by atoms with Crippen molar-refractivity contribution in [1.82, 2.24) is 24.0 Å². The number of carbonyl (C=O) groups excluding carboxylic acids is 1. The fourth-order valence-corrected chi connectivity index (χ4v) is 4.59. The van der Waals surface area contributed by atoms with Gasteiger partial charge in [-0.25, -0.2) is 9.36 Å². The molecule has 0 spiro atoms. The summed E-state index contributed by atoms with van der Waals surface area (Å²) >= 11 is 0. The third-order valence-electron chi connectivity index (χ3n) is 6.28. The summed E-state index contributed by atoms with van der Waals surface area (Å²) in [5.74, 6) is 6.17. The van der Waals surface area contributed by atoms with Crippen molar-refractivity contribution in [2.75, 3.05) is 18.0 Å². The first-order chi connectivity index (χ1) is 16.4. The van der Waals surface area contributed by atoms with E-state index in [0.29, 0.717) is 29.3 Å². The highest BCUT2D eigenvalue weighted by molar-refractivity contribution is 6.10. The van der Waals surface area contributed by atoms with Crippen LogP contribution in [0, 0.1) is 11.8 Å². The number of carbonyl (C=O) groups is 1. The molecule has 1 unspecified atom stereocenters. The van der Waals surface area contributed by atoms with Gasteiger partial charge in [-0.1, -0.05) is 24.1 Å². The molecule has 0 aliphatic carbocycles. The van der Waals surface area contributed by atoms with Crippen LogP contribution in [-0.2, 0) is 13.6 Å². The molecule has 5 rings (SSSR count). The molecule has 3 aromatic rings. The molecule has 0 radical (unpaired) electrons. The summed E-state index contributed by atoms with van der Waals surface area (Å²) in [4.78, 5) is 45.9. The zero-order valence-corrected chi connectivity index (χ0v) is 19.0. The molecule has 0 saturated carbocycles. The molecule has 1 fully saturated rings. The minimum atomic E-state index is -0.559. The maximum atomic E-state index is 13.7. The maximum Gasteiger partial charge on any atom is 0.336 e. The fourth-order valence-electron chi connectivity index (χ4n) is 4.59. The zero-order valence-electron chi connectivity index (χ0n) is 19.0. The normalized spacial score (nSPS) is 18.7. The summed E-state index contributed by atoms with van der Waals surface area (Å²) in [5.41, 5.74) is 7.17. The molecule has 10 nitrogen and oxygen atoms in total. The highest BCUT2D eigenvalue weighted by Crippen LogP contribution is 2.25. The van der Waals surface area contributed by atoms with E-state index in [4.69, 9.17) is 10.7 Å². The van der Waals surface area contributed by atoms with Crippen LogP contribution < -0.4 is 27.2 Å². The van der Waals surface area contributed by atoms with Gasteiger partial charge < -0.3 is 16.0 Å². The number of piperidine rings is 1. The standard InChI is InChI=1S/C24H25N7O3/c1-3-4-12-30-19-20(27-23(30)29-11-7-8-15(25)13-29)28(2)24(34)31(22(19)33)14-18-16-9-5-6-10-17(16)21(32)26-18/h5-6,9-10,14-15H,7-8,11-13,25H2,1-2H3,(H,26,32). The number of nitrogens with two attached hydrogens (primary N) is 1. The number of anilines is 1. The molecule has 1 atom stereocenters. The summed E-state index contributed by atoms with van der Waals surface area (Å²) in [6.45, 7) is 3.34. The molecular formula is C24H25N7O3. The van der Waals surface area contributed by atoms with Crippen molar-refractivity contribution in [2.45, 2.75) is 32.4 Å². The van der Waals surface area contributed by atoms with Crippen molar-refractivity contribution in [3.05, 3.63) is 56.2 Å². The first-order valence-corrected chi connectivity index (χ1v) is 11.1. The SMILES string of the molecule is CC#CCn1c(N2CCCC(N)C2)nc2c1c(=O)n(C=C1NC(=O)c3ccccc31)c(=O)n2C. The van der Waals surface area contributed by atoms with Gasteiger partial charge in [-0.05, 0) is 25.8 Å². The summed E-state index contributed by atoms with van der Waals surface area (Å²) in [5, 5.41) is 2.75. The van der Waals surface area contributed by atoms with Crippen molar-refractivity contribution in [2.24, 2.45) is 12.8 Å². The number of rotatable bonds is 3. The van der Waals surface area contributed by atoms with E-state index in [0.717, 1.165) is 24.0 Å². The van der Waals surface area contributed by atoms with Gasteiger partial charge in [-0.3, -0.25) is 18.7 Å². The summed E-state index contributed by atoms with van der Waals surface area (Å²) < 4.78 is 4.12. The Kier molecular flexibility index (Phi) is 5.34. The predicted molar refractivity (Wildman–Crippen MR) is 130 cm³/mol. The molecule has 34 heavy (non-hydrogen) atoms. The second-order valence-corrected chi connectivity index (χ2v) is 8.50. The minimum Gasteiger partial charge on any atom is -0.341 e. The molecular weight excluding hydrogens is 434 g/mol. The highest BCUT2D eigenvalue weighted by Gasteiger charge is 2.27. The Labute approximate surface area is 195 Å². The topological polar surface area (TPSA) is 120 Å². The van der Waals surface area contributed by atoms with Gasteiger partial charge in [0, 0.05) is 43.5 Å². The minimum absolute atomic E-state index is 0.00975. The van der Waals surface area contributed by atoms with E-state index in [1.54, 1.807) is 42.8 Å². The zero-order chi connectivity index (χ0) is 24.0. The monoisotopic (exact) mass is 459 g/mol. The molecule has 2 aliphatic heterocycles. The molecule has 1 aromatic carbocycles. The Bertz CT molecular complexity index is 1530. The number of benzene rings is 1. The molecule has 1 amide bonds. The lowest BCUT2D eigenvalue weighted by molar-refractivity contribution is 0.0981.